The average Bonchev–Trinajstić information content (AvgIpc) is 3.10. The summed E-state index contributed by atoms with van der Waals surface area (Å²) in [6.45, 7) is 1.25. The zero-order valence-electron chi connectivity index (χ0n) is 14.6. The number of ether oxygens (including phenoxy) is 2. The highest BCUT2D eigenvalue weighted by Crippen LogP contribution is 2.29. The number of rotatable bonds is 6. The van der Waals surface area contributed by atoms with E-state index in [-0.39, 0.29) is 0 Å². The van der Waals surface area contributed by atoms with Crippen LogP contribution in [0.15, 0.2) is 79.1 Å². The molecule has 2 aromatic heterocycles. The van der Waals surface area contributed by atoms with Crippen LogP contribution in [0.2, 0.25) is 0 Å². The molecule has 4 rings (SSSR count). The smallest absolute Gasteiger partial charge is 0.161 e. The maximum atomic E-state index is 5.93. The molecule has 0 bridgehead atoms. The third-order valence-electron chi connectivity index (χ3n) is 4.34. The van der Waals surface area contributed by atoms with Crippen molar-refractivity contribution in [2.45, 2.75) is 13.2 Å². The molecule has 0 atom stereocenters. The van der Waals surface area contributed by atoms with Gasteiger partial charge in [-0.05, 0) is 41.5 Å². The van der Waals surface area contributed by atoms with E-state index in [1.54, 1.807) is 7.11 Å². The second-order valence-corrected chi connectivity index (χ2v) is 6.12. The topological polar surface area (TPSA) is 36.3 Å². The third kappa shape index (κ3) is 3.40. The summed E-state index contributed by atoms with van der Waals surface area (Å²) in [5.41, 5.74) is 3.25. The maximum Gasteiger partial charge on any atom is 0.161 e. The Morgan fingerprint density at radius 1 is 0.885 bits per heavy atom. The minimum atomic E-state index is 0.517. The number of nitrogens with zero attached hydrogens (tertiary/aromatic N) is 2. The quantitative estimate of drug-likeness (QED) is 0.510. The van der Waals surface area contributed by atoms with Crippen molar-refractivity contribution in [3.05, 3.63) is 90.3 Å². The summed E-state index contributed by atoms with van der Waals surface area (Å²) >= 11 is 0. The van der Waals surface area contributed by atoms with Crippen molar-refractivity contribution in [1.29, 1.82) is 0 Å². The van der Waals surface area contributed by atoms with Gasteiger partial charge >= 0.3 is 0 Å². The van der Waals surface area contributed by atoms with E-state index in [0.717, 1.165) is 40.2 Å². The van der Waals surface area contributed by atoms with Gasteiger partial charge in [0, 0.05) is 24.3 Å². The molecule has 0 aliphatic carbocycles. The molecule has 0 unspecified atom stereocenters. The molecule has 0 aliphatic rings. The standard InChI is InChI=1S/C22H20N2O2/c1-25-21-14-18(15-24-13-11-19-8-5-12-23-22(19)24)9-10-20(21)26-16-17-6-3-2-4-7-17/h2-14H,15-16H2,1H3. The van der Waals surface area contributed by atoms with Gasteiger partial charge in [0.1, 0.15) is 12.3 Å². The Morgan fingerprint density at radius 3 is 2.62 bits per heavy atom. The van der Waals surface area contributed by atoms with Crippen LogP contribution in [0, 0.1) is 0 Å². The van der Waals surface area contributed by atoms with E-state index in [4.69, 9.17) is 9.47 Å². The zero-order valence-corrected chi connectivity index (χ0v) is 14.6. The molecule has 2 aromatic carbocycles. The molecule has 0 fully saturated rings. The molecular weight excluding hydrogens is 324 g/mol. The van der Waals surface area contributed by atoms with E-state index in [1.165, 1.54) is 0 Å². The van der Waals surface area contributed by atoms with Crippen molar-refractivity contribution in [3.63, 3.8) is 0 Å². The van der Waals surface area contributed by atoms with Crippen LogP contribution in [0.1, 0.15) is 11.1 Å². The van der Waals surface area contributed by atoms with Crippen molar-refractivity contribution in [1.82, 2.24) is 9.55 Å². The molecule has 4 aromatic rings. The summed E-state index contributed by atoms with van der Waals surface area (Å²) in [6.07, 6.45) is 3.88. The number of hydrogen-bond acceptors (Lipinski definition) is 3. The molecule has 2 heterocycles. The van der Waals surface area contributed by atoms with Gasteiger partial charge in [0.25, 0.3) is 0 Å². The van der Waals surface area contributed by atoms with Crippen LogP contribution in [0.3, 0.4) is 0 Å². The molecule has 0 spiro atoms. The number of aromatic nitrogens is 2. The Kier molecular flexibility index (Phi) is 4.56. The average molecular weight is 344 g/mol. The van der Waals surface area contributed by atoms with Crippen LogP contribution in [0.25, 0.3) is 11.0 Å². The molecule has 0 saturated heterocycles. The first kappa shape index (κ1) is 16.2. The summed E-state index contributed by atoms with van der Waals surface area (Å²) < 4.78 is 13.6. The van der Waals surface area contributed by atoms with Gasteiger partial charge in [-0.3, -0.25) is 0 Å². The Bertz CT molecular complexity index is 1010. The molecule has 0 N–H and O–H groups in total. The molecule has 0 amide bonds. The number of fused-ring (bicyclic) bond motifs is 1. The van der Waals surface area contributed by atoms with Crippen LogP contribution in [-0.4, -0.2) is 16.7 Å². The third-order valence-corrected chi connectivity index (χ3v) is 4.34. The van der Waals surface area contributed by atoms with Crippen molar-refractivity contribution in [3.8, 4) is 11.5 Å². The van der Waals surface area contributed by atoms with Gasteiger partial charge in [0.05, 0.1) is 7.11 Å². The van der Waals surface area contributed by atoms with Gasteiger partial charge in [0.2, 0.25) is 0 Å². The van der Waals surface area contributed by atoms with Crippen LogP contribution < -0.4 is 9.47 Å². The van der Waals surface area contributed by atoms with Gasteiger partial charge in [-0.15, -0.1) is 0 Å². The van der Waals surface area contributed by atoms with Crippen LogP contribution in [-0.2, 0) is 13.2 Å². The minimum absolute atomic E-state index is 0.517. The molecule has 4 nitrogen and oxygen atoms in total. The largest absolute Gasteiger partial charge is 0.493 e. The monoisotopic (exact) mass is 344 g/mol. The van der Waals surface area contributed by atoms with E-state index >= 15 is 0 Å². The Balaban J connectivity index is 1.53. The normalized spacial score (nSPS) is 10.8. The van der Waals surface area contributed by atoms with Crippen molar-refractivity contribution >= 4 is 11.0 Å². The molecule has 4 heteroatoms. The van der Waals surface area contributed by atoms with Gasteiger partial charge in [-0.25, -0.2) is 4.98 Å². The molecule has 0 aliphatic heterocycles. The van der Waals surface area contributed by atoms with Crippen LogP contribution in [0.5, 0.6) is 11.5 Å². The van der Waals surface area contributed by atoms with E-state index in [1.807, 2.05) is 54.7 Å². The van der Waals surface area contributed by atoms with Crippen LogP contribution >= 0.6 is 0 Å². The Hall–Kier alpha value is -3.27. The highest BCUT2D eigenvalue weighted by molar-refractivity contribution is 5.75. The fourth-order valence-electron chi connectivity index (χ4n) is 3.01. The lowest BCUT2D eigenvalue weighted by atomic mass is 10.2. The Labute approximate surface area is 152 Å². The lowest BCUT2D eigenvalue weighted by Gasteiger charge is -2.13. The fourth-order valence-corrected chi connectivity index (χ4v) is 3.01. The van der Waals surface area contributed by atoms with Gasteiger partial charge < -0.3 is 14.0 Å². The molecule has 0 radical (unpaired) electrons. The van der Waals surface area contributed by atoms with E-state index in [0.29, 0.717) is 6.61 Å². The van der Waals surface area contributed by atoms with Gasteiger partial charge in [-0.2, -0.15) is 0 Å². The van der Waals surface area contributed by atoms with Crippen molar-refractivity contribution < 1.29 is 9.47 Å². The Morgan fingerprint density at radius 2 is 1.77 bits per heavy atom. The number of methoxy groups -OCH3 is 1. The van der Waals surface area contributed by atoms with Crippen LogP contribution in [0.4, 0.5) is 0 Å². The van der Waals surface area contributed by atoms with Crippen molar-refractivity contribution in [2.24, 2.45) is 0 Å². The fraction of sp³-hybridized carbons (Fsp3) is 0.136. The first-order chi connectivity index (χ1) is 12.8. The lowest BCUT2D eigenvalue weighted by Crippen LogP contribution is -2.01. The number of pyridine rings is 1. The second-order valence-electron chi connectivity index (χ2n) is 6.12. The van der Waals surface area contributed by atoms with Gasteiger partial charge in [0.15, 0.2) is 11.5 Å². The molecular formula is C22H20N2O2. The number of hydrogen-bond donors (Lipinski definition) is 0. The molecule has 130 valence electrons. The molecule has 26 heavy (non-hydrogen) atoms. The first-order valence-corrected chi connectivity index (χ1v) is 8.57. The maximum absolute atomic E-state index is 5.93. The predicted octanol–water partition coefficient (Wildman–Crippen LogP) is 4.67. The summed E-state index contributed by atoms with van der Waals surface area (Å²) in [4.78, 5) is 4.47. The zero-order chi connectivity index (χ0) is 17.8. The number of benzene rings is 2. The molecule has 0 saturated carbocycles. The lowest BCUT2D eigenvalue weighted by molar-refractivity contribution is 0.284. The van der Waals surface area contributed by atoms with E-state index < -0.39 is 0 Å². The highest BCUT2D eigenvalue weighted by Gasteiger charge is 2.08. The predicted molar refractivity (Wildman–Crippen MR) is 103 cm³/mol. The van der Waals surface area contributed by atoms with E-state index in [9.17, 15) is 0 Å². The second kappa shape index (κ2) is 7.31. The first-order valence-electron chi connectivity index (χ1n) is 8.57. The summed E-state index contributed by atoms with van der Waals surface area (Å²) in [6, 6.07) is 22.3. The van der Waals surface area contributed by atoms with Crippen molar-refractivity contribution in [2.75, 3.05) is 7.11 Å². The summed E-state index contributed by atoms with van der Waals surface area (Å²) in [5.74, 6) is 1.48. The van der Waals surface area contributed by atoms with E-state index in [2.05, 4.69) is 33.9 Å². The highest BCUT2D eigenvalue weighted by atomic mass is 16.5. The van der Waals surface area contributed by atoms with Gasteiger partial charge in [-0.1, -0.05) is 36.4 Å². The summed E-state index contributed by atoms with van der Waals surface area (Å²) in [7, 11) is 1.67. The summed E-state index contributed by atoms with van der Waals surface area (Å²) in [5, 5.41) is 1.14. The minimum Gasteiger partial charge on any atom is -0.493 e. The SMILES string of the molecule is COc1cc(Cn2ccc3cccnc32)ccc1OCc1ccccc1.